The summed E-state index contributed by atoms with van der Waals surface area (Å²) in [5, 5.41) is 11.7. The van der Waals surface area contributed by atoms with E-state index >= 15 is 0 Å². The van der Waals surface area contributed by atoms with Crippen LogP contribution in [-0.2, 0) is 6.42 Å². The lowest BCUT2D eigenvalue weighted by Crippen LogP contribution is -2.13. The minimum Gasteiger partial charge on any atom is -0.398 e. The Labute approximate surface area is 125 Å². The van der Waals surface area contributed by atoms with Gasteiger partial charge in [0, 0.05) is 18.0 Å². The quantitative estimate of drug-likeness (QED) is 0.752. The Morgan fingerprint density at radius 1 is 1.20 bits per heavy atom. The lowest BCUT2D eigenvalue weighted by Gasteiger charge is -2.09. The summed E-state index contributed by atoms with van der Waals surface area (Å²) in [6.45, 7) is 0.113. The van der Waals surface area contributed by atoms with Crippen molar-refractivity contribution in [2.24, 2.45) is 0 Å². The van der Waals surface area contributed by atoms with Gasteiger partial charge in [0.2, 0.25) is 0 Å². The fraction of sp³-hybridized carbons (Fsp3) is 0.133. The van der Waals surface area contributed by atoms with Gasteiger partial charge in [0.15, 0.2) is 0 Å². The van der Waals surface area contributed by atoms with Crippen molar-refractivity contribution in [2.45, 2.75) is 6.42 Å². The topological polar surface area (TPSA) is 75.4 Å². The Bertz CT molecular complexity index is 612. The van der Waals surface area contributed by atoms with Crippen LogP contribution in [0.1, 0.15) is 15.9 Å². The number of amides is 1. The molecular weight excluding hydrogens is 320 g/mol. The number of halogens is 1. The van der Waals surface area contributed by atoms with Gasteiger partial charge in [0.1, 0.15) is 0 Å². The maximum absolute atomic E-state index is 12.2. The minimum atomic E-state index is -0.223. The fourth-order valence-corrected chi connectivity index (χ4v) is 2.25. The third-order valence-corrected chi connectivity index (χ3v) is 3.77. The summed E-state index contributed by atoms with van der Waals surface area (Å²) in [6.07, 6.45) is 0.606. The molecule has 4 N–H and O–H groups in total. The molecule has 0 atom stereocenters. The molecule has 2 aromatic carbocycles. The number of carbonyl (C=O) groups is 1. The Balaban J connectivity index is 2.13. The summed E-state index contributed by atoms with van der Waals surface area (Å²) in [5.74, 6) is -0.223. The predicted molar refractivity (Wildman–Crippen MR) is 83.7 cm³/mol. The Morgan fingerprint density at radius 3 is 2.55 bits per heavy atom. The lowest BCUT2D eigenvalue weighted by molar-refractivity contribution is 0.102. The van der Waals surface area contributed by atoms with Crippen molar-refractivity contribution < 1.29 is 9.90 Å². The Kier molecular flexibility index (Phi) is 4.76. The molecule has 0 spiro atoms. The first-order valence-electron chi connectivity index (χ1n) is 6.17. The number of rotatable bonds is 4. The van der Waals surface area contributed by atoms with Crippen molar-refractivity contribution >= 4 is 33.2 Å². The molecule has 0 aliphatic heterocycles. The molecule has 104 valence electrons. The van der Waals surface area contributed by atoms with E-state index in [4.69, 9.17) is 10.8 Å². The van der Waals surface area contributed by atoms with E-state index in [1.54, 1.807) is 18.2 Å². The number of carbonyl (C=O) groups excluding carboxylic acids is 1. The number of anilines is 2. The minimum absolute atomic E-state index is 0.113. The van der Waals surface area contributed by atoms with E-state index in [9.17, 15) is 4.79 Å². The predicted octanol–water partition coefficient (Wildman–Crippen LogP) is 2.82. The molecular formula is C15H15BrN2O2. The van der Waals surface area contributed by atoms with Gasteiger partial charge < -0.3 is 16.2 Å². The van der Waals surface area contributed by atoms with Gasteiger partial charge in [-0.1, -0.05) is 18.2 Å². The molecule has 0 bridgehead atoms. The van der Waals surface area contributed by atoms with E-state index in [2.05, 4.69) is 21.2 Å². The highest BCUT2D eigenvalue weighted by atomic mass is 79.9. The second-order valence-electron chi connectivity index (χ2n) is 4.33. The van der Waals surface area contributed by atoms with E-state index < -0.39 is 0 Å². The summed E-state index contributed by atoms with van der Waals surface area (Å²) in [5.41, 5.74) is 8.49. The number of nitrogen functional groups attached to an aromatic ring is 1. The molecule has 0 saturated heterocycles. The van der Waals surface area contributed by atoms with Gasteiger partial charge in [-0.3, -0.25) is 4.79 Å². The van der Waals surface area contributed by atoms with Gasteiger partial charge in [-0.25, -0.2) is 0 Å². The molecule has 0 heterocycles. The molecule has 20 heavy (non-hydrogen) atoms. The van der Waals surface area contributed by atoms with E-state index in [0.29, 0.717) is 27.8 Å². The van der Waals surface area contributed by atoms with Crippen LogP contribution in [0.3, 0.4) is 0 Å². The molecule has 2 aromatic rings. The summed E-state index contributed by atoms with van der Waals surface area (Å²) in [4.78, 5) is 12.2. The van der Waals surface area contributed by atoms with Crippen molar-refractivity contribution in [3.05, 3.63) is 58.1 Å². The van der Waals surface area contributed by atoms with Crippen LogP contribution >= 0.6 is 15.9 Å². The molecule has 0 aromatic heterocycles. The highest BCUT2D eigenvalue weighted by Crippen LogP contribution is 2.24. The fourth-order valence-electron chi connectivity index (χ4n) is 1.81. The average Bonchev–Trinajstić information content (AvgIpc) is 2.44. The second-order valence-corrected chi connectivity index (χ2v) is 5.13. The van der Waals surface area contributed by atoms with E-state index in [1.165, 1.54) is 0 Å². The highest BCUT2D eigenvalue weighted by molar-refractivity contribution is 9.10. The lowest BCUT2D eigenvalue weighted by atomic mass is 10.1. The smallest absolute Gasteiger partial charge is 0.256 e. The van der Waals surface area contributed by atoms with Crippen LogP contribution in [0.5, 0.6) is 0 Å². The first-order valence-corrected chi connectivity index (χ1v) is 6.96. The van der Waals surface area contributed by atoms with Crippen molar-refractivity contribution in [1.29, 1.82) is 0 Å². The number of nitrogens with one attached hydrogen (secondary N) is 1. The monoisotopic (exact) mass is 334 g/mol. The third-order valence-electron chi connectivity index (χ3n) is 2.89. The number of aliphatic hydroxyl groups is 1. The number of aliphatic hydroxyl groups excluding tert-OH is 1. The van der Waals surface area contributed by atoms with Crippen LogP contribution < -0.4 is 11.1 Å². The summed E-state index contributed by atoms with van der Waals surface area (Å²) >= 11 is 3.31. The van der Waals surface area contributed by atoms with Crippen LogP contribution in [0.2, 0.25) is 0 Å². The molecule has 5 heteroatoms. The Morgan fingerprint density at radius 2 is 1.90 bits per heavy atom. The highest BCUT2D eigenvalue weighted by Gasteiger charge is 2.11. The molecule has 0 aliphatic carbocycles. The zero-order valence-electron chi connectivity index (χ0n) is 10.8. The second kappa shape index (κ2) is 6.54. The number of benzene rings is 2. The zero-order chi connectivity index (χ0) is 14.5. The molecule has 0 unspecified atom stereocenters. The molecule has 0 radical (unpaired) electrons. The van der Waals surface area contributed by atoms with Gasteiger partial charge in [-0.15, -0.1) is 0 Å². The van der Waals surface area contributed by atoms with Gasteiger partial charge in [0.05, 0.1) is 10.0 Å². The van der Waals surface area contributed by atoms with Gasteiger partial charge in [0.25, 0.3) is 5.91 Å². The molecule has 1 amide bonds. The molecule has 0 saturated carbocycles. The van der Waals surface area contributed by atoms with Crippen LogP contribution in [0.15, 0.2) is 46.9 Å². The molecule has 0 fully saturated rings. The van der Waals surface area contributed by atoms with E-state index in [1.807, 2.05) is 24.3 Å². The van der Waals surface area contributed by atoms with Crippen molar-refractivity contribution in [3.8, 4) is 0 Å². The standard InChI is InChI=1S/C15H15BrN2O2/c16-14-12(2-1-3-13(14)17)15(20)18-11-6-4-10(5-7-11)8-9-19/h1-7,19H,8-9,17H2,(H,18,20). The molecule has 2 rings (SSSR count). The Hall–Kier alpha value is -1.85. The number of hydrogen-bond acceptors (Lipinski definition) is 3. The number of hydrogen-bond donors (Lipinski definition) is 3. The van der Waals surface area contributed by atoms with Crippen molar-refractivity contribution in [2.75, 3.05) is 17.7 Å². The third kappa shape index (κ3) is 3.37. The normalized spacial score (nSPS) is 10.3. The van der Waals surface area contributed by atoms with Crippen LogP contribution in [0.4, 0.5) is 11.4 Å². The average molecular weight is 335 g/mol. The largest absolute Gasteiger partial charge is 0.398 e. The van der Waals surface area contributed by atoms with Crippen molar-refractivity contribution in [1.82, 2.24) is 0 Å². The van der Waals surface area contributed by atoms with Crippen LogP contribution in [-0.4, -0.2) is 17.6 Å². The SMILES string of the molecule is Nc1cccc(C(=O)Nc2ccc(CCO)cc2)c1Br. The van der Waals surface area contributed by atoms with Crippen LogP contribution in [0.25, 0.3) is 0 Å². The van der Waals surface area contributed by atoms with Gasteiger partial charge in [-0.2, -0.15) is 0 Å². The molecule has 4 nitrogen and oxygen atoms in total. The summed E-state index contributed by atoms with van der Waals surface area (Å²) < 4.78 is 0.592. The van der Waals surface area contributed by atoms with E-state index in [-0.39, 0.29) is 12.5 Å². The van der Waals surface area contributed by atoms with Gasteiger partial charge in [-0.05, 0) is 52.2 Å². The summed E-state index contributed by atoms with van der Waals surface area (Å²) in [6, 6.07) is 12.5. The van der Waals surface area contributed by atoms with Crippen molar-refractivity contribution in [3.63, 3.8) is 0 Å². The molecule has 0 aliphatic rings. The van der Waals surface area contributed by atoms with Crippen LogP contribution in [0, 0.1) is 0 Å². The first-order chi connectivity index (χ1) is 9.61. The first kappa shape index (κ1) is 14.6. The van der Waals surface area contributed by atoms with Gasteiger partial charge >= 0.3 is 0 Å². The number of nitrogens with two attached hydrogens (primary N) is 1. The maximum Gasteiger partial charge on any atom is 0.256 e. The zero-order valence-corrected chi connectivity index (χ0v) is 12.4. The van der Waals surface area contributed by atoms with E-state index in [0.717, 1.165) is 5.56 Å². The maximum atomic E-state index is 12.2. The summed E-state index contributed by atoms with van der Waals surface area (Å²) in [7, 11) is 0.